The van der Waals surface area contributed by atoms with E-state index < -0.39 is 113 Å². The molecule has 4 saturated carbocycles. The number of ketones is 1. The monoisotopic (exact) mass is 1630 g/mol. The number of amides is 7. The summed E-state index contributed by atoms with van der Waals surface area (Å²) < 4.78 is 89.2. The van der Waals surface area contributed by atoms with Crippen molar-refractivity contribution in [1.82, 2.24) is 40.3 Å². The Morgan fingerprint density at radius 1 is 0.429 bits per heavy atom. The maximum atomic E-state index is 14.2. The van der Waals surface area contributed by atoms with Gasteiger partial charge in [0.2, 0.25) is 0 Å². The Kier molecular flexibility index (Phi) is 32.4. The maximum Gasteiger partial charge on any atom is 0.410 e. The second-order valence-electron chi connectivity index (χ2n) is 42.2. The predicted octanol–water partition coefficient (Wildman–Crippen LogP) is 16.9. The number of nitrogens with one attached hydrogen (secondary N) is 4. The van der Waals surface area contributed by atoms with Crippen LogP contribution in [0, 0.1) is 21.7 Å². The van der Waals surface area contributed by atoms with Gasteiger partial charge in [0.1, 0.15) is 45.0 Å². The highest BCUT2D eigenvalue weighted by Crippen LogP contribution is 2.55. The number of aliphatic hydroxyl groups is 1. The Bertz CT molecular complexity index is 3210. The Morgan fingerprint density at radius 3 is 1.05 bits per heavy atom. The molecule has 7 atom stereocenters. The van der Waals surface area contributed by atoms with Crippen molar-refractivity contribution in [1.29, 1.82) is 0 Å². The van der Waals surface area contributed by atoms with Crippen molar-refractivity contribution in [2.75, 3.05) is 52.4 Å². The molecule has 0 aromatic heterocycles. The number of alkyl halides is 2. The third-order valence-electron chi connectivity index (χ3n) is 22.1. The molecule has 0 aromatic rings. The van der Waals surface area contributed by atoms with Crippen molar-refractivity contribution >= 4 is 67.7 Å². The number of carbonyl (C=O) groups is 8. The molecule has 112 heavy (non-hydrogen) atoms. The Balaban J connectivity index is 0.000000315. The first-order valence-electron chi connectivity index (χ1n) is 40.3. The zero-order valence-electron chi connectivity index (χ0n) is 73.3. The molecule has 0 aromatic carbocycles. The lowest BCUT2D eigenvalue weighted by molar-refractivity contribution is -0.118. The van der Waals surface area contributed by atoms with Crippen LogP contribution in [0.5, 0.6) is 0 Å². The first kappa shape index (κ1) is 99.0. The van der Waals surface area contributed by atoms with Crippen molar-refractivity contribution in [2.45, 2.75) is 401 Å². The second-order valence-corrected chi connectivity index (χ2v) is 48.9. The quantitative estimate of drug-likeness (QED) is 0.117. The lowest BCUT2D eigenvalue weighted by atomic mass is 9.74. The van der Waals surface area contributed by atoms with Crippen molar-refractivity contribution in [2.24, 2.45) is 21.7 Å². The largest absolute Gasteiger partial charge is 0.444 e. The molecule has 8 fully saturated rings. The van der Waals surface area contributed by atoms with Gasteiger partial charge in [-0.05, 0) is 278 Å². The Hall–Kier alpha value is -5.33. The van der Waals surface area contributed by atoms with E-state index in [1.165, 1.54) is 0 Å². The molecule has 7 unspecified atom stereocenters. The minimum absolute atomic E-state index is 0. The van der Waals surface area contributed by atoms with E-state index >= 15 is 0 Å². The highest BCUT2D eigenvalue weighted by molar-refractivity contribution is 7.84. The topological polar surface area (TPSA) is 309 Å². The molecule has 4 aliphatic carbocycles. The number of nitrogens with zero attached hydrogens (tertiary/aromatic N) is 4. The van der Waals surface area contributed by atoms with Crippen LogP contribution in [0.2, 0.25) is 18.1 Å². The standard InChI is InChI=1S/C24H48N2O4SSi.C19H32F2N2O4.C19H34N2O5.C19H32N2O5.CH4/c1-21(2,3)29-20(27)26-14-12-24(13-15-26)17-18(30-32(10,11)23(7,8)9)16-19(24)25-31(28)22(4,5)6;1-16(2,3)26-14(24)22-13-11-19(20,21)12-18(13)7-9-23(10-8-18)15(25)27-17(4,5)6;2*1-17(2,3)25-15(23)20-14-11-13(22)12-19(14)7-9-21(10-8-19)16(24)26-18(4,5)6;/h18-19,25H,12-17H2,1-11H3;13H,7-12H2,1-6H3,(H,22,24);13-14,22H,7-12H2,1-6H3,(H,20,23);14H,7-12H2,1-6H3,(H,20,23);1H4. The van der Waals surface area contributed by atoms with Gasteiger partial charge in [-0.3, -0.25) is 4.79 Å². The maximum absolute atomic E-state index is 14.2. The third-order valence-corrected chi connectivity index (χ3v) is 28.3. The van der Waals surface area contributed by atoms with Crippen LogP contribution in [0.3, 0.4) is 0 Å². The number of hydrogen-bond donors (Lipinski definition) is 5. The van der Waals surface area contributed by atoms with Crippen LogP contribution in [0.15, 0.2) is 0 Å². The summed E-state index contributed by atoms with van der Waals surface area (Å²) in [4.78, 5) is 105. The second kappa shape index (κ2) is 36.7. The molecule has 8 aliphatic rings. The van der Waals surface area contributed by atoms with Crippen LogP contribution < -0.4 is 20.7 Å². The summed E-state index contributed by atoms with van der Waals surface area (Å²) >= 11 is 0. The van der Waals surface area contributed by atoms with Crippen LogP contribution in [-0.2, 0) is 53.4 Å². The predicted molar refractivity (Wildman–Crippen MR) is 434 cm³/mol. The number of aliphatic hydroxyl groups excluding tert-OH is 1. The van der Waals surface area contributed by atoms with Crippen LogP contribution in [0.4, 0.5) is 42.3 Å². The molecule has 4 spiro atoms. The average Bonchev–Trinajstić information content (AvgIpc) is 1.60. The minimum atomic E-state index is -2.84. The van der Waals surface area contributed by atoms with Gasteiger partial charge >= 0.3 is 42.7 Å². The van der Waals surface area contributed by atoms with Gasteiger partial charge in [0, 0.05) is 114 Å². The lowest BCUT2D eigenvalue weighted by Crippen LogP contribution is -2.52. The van der Waals surface area contributed by atoms with E-state index in [1.54, 1.807) is 56.2 Å². The van der Waals surface area contributed by atoms with Crippen LogP contribution >= 0.6 is 0 Å². The number of carbonyl (C=O) groups excluding carboxylic acids is 8. The number of likely N-dealkylation sites (tertiary alicyclic amines) is 4. The minimum Gasteiger partial charge on any atom is -0.444 e. The molecular weight excluding hydrogens is 1480 g/mol. The van der Waals surface area contributed by atoms with Crippen molar-refractivity contribution in [3.8, 4) is 0 Å². The zero-order valence-corrected chi connectivity index (χ0v) is 75.1. The zero-order chi connectivity index (χ0) is 84.9. The molecule has 4 aliphatic heterocycles. The molecular formula is C82H150F2N8O18SSi. The SMILES string of the molecule is C.CC(C)(C)OC(=O)N1CCC2(CC1)CC(O[Si](C)(C)C(C)(C)C)CC2NS(=O)C(C)(C)C.CC(C)(C)OC(=O)NC1CC(=O)CC12CCN(C(=O)OC(C)(C)C)CC2.CC(C)(C)OC(=O)NC1CC(F)(F)CC12CCN(C(=O)OC(C)(C)C)CC2.CC(C)(C)OC(=O)NC1CC(O)CC12CCN(C(=O)OC(C)(C)C)CC2. The molecule has 0 radical (unpaired) electrons. The van der Waals surface area contributed by atoms with E-state index in [9.17, 15) is 56.5 Å². The summed E-state index contributed by atoms with van der Waals surface area (Å²) in [6.45, 7) is 59.8. The summed E-state index contributed by atoms with van der Waals surface area (Å²) in [6, 6.07) is -0.944. The van der Waals surface area contributed by atoms with E-state index in [2.05, 4.69) is 54.5 Å². The van der Waals surface area contributed by atoms with Gasteiger partial charge in [0.25, 0.3) is 5.92 Å². The van der Waals surface area contributed by atoms with Crippen LogP contribution in [-0.4, -0.2) is 224 Å². The van der Waals surface area contributed by atoms with Gasteiger partial charge in [-0.25, -0.2) is 51.3 Å². The summed E-state index contributed by atoms with van der Waals surface area (Å²) in [6.07, 6.45) is 5.18. The van der Waals surface area contributed by atoms with Gasteiger partial charge in [0.05, 0.1) is 21.8 Å². The van der Waals surface area contributed by atoms with Crippen molar-refractivity contribution in [3.63, 3.8) is 0 Å². The molecule has 26 nitrogen and oxygen atoms in total. The van der Waals surface area contributed by atoms with E-state index in [0.29, 0.717) is 104 Å². The molecule has 650 valence electrons. The first-order valence-corrected chi connectivity index (χ1v) is 44.4. The van der Waals surface area contributed by atoms with Crippen LogP contribution in [0.1, 0.15) is 297 Å². The third kappa shape index (κ3) is 30.6. The number of rotatable bonds is 7. The molecule has 4 heterocycles. The Labute approximate surface area is 674 Å². The summed E-state index contributed by atoms with van der Waals surface area (Å²) in [5.74, 6) is -2.69. The van der Waals surface area contributed by atoms with E-state index in [1.807, 2.05) is 130 Å². The molecule has 7 amide bonds. The number of piperidine rings is 4. The number of hydrogen-bond acceptors (Lipinski definition) is 18. The van der Waals surface area contributed by atoms with Crippen molar-refractivity contribution < 1.29 is 94.0 Å². The fourth-order valence-electron chi connectivity index (χ4n) is 15.8. The highest BCUT2D eigenvalue weighted by Gasteiger charge is 2.59. The number of ether oxygens (including phenoxy) is 7. The van der Waals surface area contributed by atoms with Gasteiger partial charge < -0.3 is 78.2 Å². The van der Waals surface area contributed by atoms with Crippen molar-refractivity contribution in [3.05, 3.63) is 0 Å². The Morgan fingerprint density at radius 2 is 0.732 bits per heavy atom. The van der Waals surface area contributed by atoms with Gasteiger partial charge in [-0.2, -0.15) is 0 Å². The summed E-state index contributed by atoms with van der Waals surface area (Å²) in [5, 5.41) is 18.8. The molecule has 0 bridgehead atoms. The fourth-order valence-corrected chi connectivity index (χ4v) is 18.1. The van der Waals surface area contributed by atoms with Gasteiger partial charge in [-0.1, -0.05) is 28.2 Å². The fraction of sp³-hybridized carbons (Fsp3) is 0.902. The van der Waals surface area contributed by atoms with E-state index in [0.717, 1.165) is 38.5 Å². The highest BCUT2D eigenvalue weighted by atomic mass is 32.2. The van der Waals surface area contributed by atoms with Gasteiger partial charge in [-0.15, -0.1) is 0 Å². The van der Waals surface area contributed by atoms with Gasteiger partial charge in [0.15, 0.2) is 8.32 Å². The van der Waals surface area contributed by atoms with Crippen LogP contribution in [0.25, 0.3) is 0 Å². The molecule has 30 heteroatoms. The van der Waals surface area contributed by atoms with E-state index in [4.69, 9.17) is 37.6 Å². The molecule has 4 saturated heterocycles. The smallest absolute Gasteiger partial charge is 0.410 e. The number of alkyl carbamates (subject to hydrolysis) is 3. The lowest BCUT2D eigenvalue weighted by Gasteiger charge is -2.44. The number of halogens is 2. The average molecular weight is 1630 g/mol. The molecule has 8 rings (SSSR count). The number of Topliss-reactive ketones (excluding diaryl/α,β-unsaturated/α-hetero) is 1. The molecule has 5 N–H and O–H groups in total. The summed E-state index contributed by atoms with van der Waals surface area (Å²) in [5.41, 5.74) is -5.23. The van der Waals surface area contributed by atoms with E-state index in [-0.39, 0.29) is 88.2 Å². The normalized spacial score (nSPS) is 24.7. The summed E-state index contributed by atoms with van der Waals surface area (Å²) in [7, 11) is -3.04. The first-order chi connectivity index (χ1) is 50.0.